The molecule has 0 aromatic heterocycles. The molecule has 0 N–H and O–H groups in total. The van der Waals surface area contributed by atoms with E-state index >= 15 is 0 Å². The van der Waals surface area contributed by atoms with Crippen molar-refractivity contribution in [1.29, 1.82) is 0 Å². The number of rotatable bonds is 4. The smallest absolute Gasteiger partial charge is 0.136 e. The summed E-state index contributed by atoms with van der Waals surface area (Å²) in [5, 5.41) is 2.04. The van der Waals surface area contributed by atoms with E-state index < -0.39 is 9.73 Å². The predicted molar refractivity (Wildman–Crippen MR) is 101 cm³/mol. The van der Waals surface area contributed by atoms with Crippen LogP contribution < -0.4 is 4.74 Å². The molecule has 0 heterocycles. The minimum absolute atomic E-state index is 0.498. The zero-order valence-corrected chi connectivity index (χ0v) is 14.5. The summed E-state index contributed by atoms with van der Waals surface area (Å²) in [6.07, 6.45) is 1.62. The maximum absolute atomic E-state index is 13.3. The summed E-state index contributed by atoms with van der Waals surface area (Å²) in [5.74, 6) is 0.575. The van der Waals surface area contributed by atoms with Crippen molar-refractivity contribution in [1.82, 2.24) is 0 Å². The van der Waals surface area contributed by atoms with Gasteiger partial charge in [-0.2, -0.15) is 4.36 Å². The van der Waals surface area contributed by atoms with E-state index in [0.717, 1.165) is 16.3 Å². The van der Waals surface area contributed by atoms with Gasteiger partial charge in [-0.1, -0.05) is 61.2 Å². The molecule has 24 heavy (non-hydrogen) atoms. The van der Waals surface area contributed by atoms with Crippen LogP contribution in [0.4, 0.5) is 0 Å². The fourth-order valence-electron chi connectivity index (χ4n) is 2.60. The molecule has 0 fully saturated rings. The molecule has 3 aromatic carbocycles. The molecule has 3 rings (SSSR count). The average molecular weight is 337 g/mol. The summed E-state index contributed by atoms with van der Waals surface area (Å²) in [5.41, 5.74) is 1.35. The summed E-state index contributed by atoms with van der Waals surface area (Å²) in [7, 11) is -1.11. The predicted octanol–water partition coefficient (Wildman–Crippen LogP) is 4.98. The second kappa shape index (κ2) is 6.49. The van der Waals surface area contributed by atoms with Crippen molar-refractivity contribution in [2.24, 2.45) is 4.36 Å². The second-order valence-electron chi connectivity index (χ2n) is 5.56. The molecule has 1 atom stereocenters. The molecule has 0 bridgehead atoms. The molecule has 0 aliphatic heterocycles. The minimum atomic E-state index is -2.69. The molecule has 0 saturated carbocycles. The van der Waals surface area contributed by atoms with Crippen LogP contribution in [0.3, 0.4) is 0 Å². The molecule has 0 amide bonds. The van der Waals surface area contributed by atoms with E-state index in [1.807, 2.05) is 66.7 Å². The monoisotopic (exact) mass is 337 g/mol. The molecule has 0 spiro atoms. The highest BCUT2D eigenvalue weighted by Crippen LogP contribution is 2.31. The SMILES string of the molecule is C=C(N=S(C)(=O)c1cc2ccccc2cc1OC)c1ccccc1. The Bertz CT molecular complexity index is 1020. The van der Waals surface area contributed by atoms with Crippen LogP contribution in [0.1, 0.15) is 5.56 Å². The molecular weight excluding hydrogens is 318 g/mol. The number of fused-ring (bicyclic) bond motifs is 1. The van der Waals surface area contributed by atoms with Gasteiger partial charge in [0.25, 0.3) is 0 Å². The first-order valence-electron chi connectivity index (χ1n) is 7.54. The van der Waals surface area contributed by atoms with Crippen LogP contribution in [0.2, 0.25) is 0 Å². The fourth-order valence-corrected chi connectivity index (χ4v) is 4.08. The number of nitrogens with zero attached hydrogens (tertiary/aromatic N) is 1. The van der Waals surface area contributed by atoms with Crippen molar-refractivity contribution in [3.63, 3.8) is 0 Å². The van der Waals surface area contributed by atoms with Crippen LogP contribution in [0, 0.1) is 0 Å². The Morgan fingerprint density at radius 3 is 2.21 bits per heavy atom. The molecular formula is C20H19NO2S. The van der Waals surface area contributed by atoms with E-state index in [9.17, 15) is 4.21 Å². The number of hydrogen-bond acceptors (Lipinski definition) is 3. The van der Waals surface area contributed by atoms with Gasteiger partial charge in [-0.3, -0.25) is 0 Å². The van der Waals surface area contributed by atoms with Crippen molar-refractivity contribution >= 4 is 26.2 Å². The van der Waals surface area contributed by atoms with Gasteiger partial charge in [0.2, 0.25) is 0 Å². The Morgan fingerprint density at radius 1 is 1.00 bits per heavy atom. The topological polar surface area (TPSA) is 38.7 Å². The molecule has 0 aliphatic carbocycles. The van der Waals surface area contributed by atoms with Crippen LogP contribution >= 0.6 is 0 Å². The minimum Gasteiger partial charge on any atom is -0.495 e. The zero-order valence-electron chi connectivity index (χ0n) is 13.7. The first-order valence-corrected chi connectivity index (χ1v) is 9.47. The third kappa shape index (κ3) is 3.19. The van der Waals surface area contributed by atoms with Crippen molar-refractivity contribution in [3.8, 4) is 5.75 Å². The van der Waals surface area contributed by atoms with E-state index in [4.69, 9.17) is 4.74 Å². The van der Waals surface area contributed by atoms with Gasteiger partial charge in [0, 0.05) is 11.8 Å². The number of ether oxygens (including phenoxy) is 1. The van der Waals surface area contributed by atoms with Crippen molar-refractivity contribution in [2.75, 3.05) is 13.4 Å². The number of benzene rings is 3. The molecule has 4 heteroatoms. The van der Waals surface area contributed by atoms with E-state index in [1.165, 1.54) is 0 Å². The lowest BCUT2D eigenvalue weighted by atomic mass is 10.1. The maximum Gasteiger partial charge on any atom is 0.136 e. The van der Waals surface area contributed by atoms with Crippen molar-refractivity contribution in [2.45, 2.75) is 4.90 Å². The van der Waals surface area contributed by atoms with Gasteiger partial charge in [0.05, 0.1) is 27.4 Å². The summed E-state index contributed by atoms with van der Waals surface area (Å²) in [6.45, 7) is 3.97. The molecule has 3 nitrogen and oxygen atoms in total. The lowest BCUT2D eigenvalue weighted by molar-refractivity contribution is 0.404. The largest absolute Gasteiger partial charge is 0.495 e. The lowest BCUT2D eigenvalue weighted by Gasteiger charge is -2.12. The van der Waals surface area contributed by atoms with Gasteiger partial charge in [-0.25, -0.2) is 4.21 Å². The Hall–Kier alpha value is -2.59. The Balaban J connectivity index is 2.15. The van der Waals surface area contributed by atoms with Crippen molar-refractivity contribution < 1.29 is 8.95 Å². The molecule has 3 aromatic rings. The van der Waals surface area contributed by atoms with E-state index in [-0.39, 0.29) is 0 Å². The highest BCUT2D eigenvalue weighted by molar-refractivity contribution is 7.93. The first-order chi connectivity index (χ1) is 11.5. The van der Waals surface area contributed by atoms with Crippen molar-refractivity contribution in [3.05, 3.63) is 78.9 Å². The van der Waals surface area contributed by atoms with E-state index in [1.54, 1.807) is 13.4 Å². The normalized spacial score (nSPS) is 13.2. The fraction of sp³-hybridized carbons (Fsp3) is 0.100. The summed E-state index contributed by atoms with van der Waals surface area (Å²) < 4.78 is 23.2. The number of hydrogen-bond donors (Lipinski definition) is 0. The Labute approximate surface area is 142 Å². The van der Waals surface area contributed by atoms with Crippen LogP contribution in [0.5, 0.6) is 5.75 Å². The Morgan fingerprint density at radius 2 is 1.58 bits per heavy atom. The molecule has 0 aliphatic rings. The van der Waals surface area contributed by atoms with E-state index in [2.05, 4.69) is 10.9 Å². The van der Waals surface area contributed by atoms with Gasteiger partial charge >= 0.3 is 0 Å². The van der Waals surface area contributed by atoms with Crippen LogP contribution in [-0.4, -0.2) is 17.6 Å². The highest BCUT2D eigenvalue weighted by Gasteiger charge is 2.15. The van der Waals surface area contributed by atoms with E-state index in [0.29, 0.717) is 16.3 Å². The standard InChI is InChI=1S/C20H19NO2S/c1-15(16-9-5-4-6-10-16)21-24(3,22)20-14-18-12-8-7-11-17(18)13-19(20)23-2/h4-14H,1H2,2-3H3. The molecule has 1 unspecified atom stereocenters. The lowest BCUT2D eigenvalue weighted by Crippen LogP contribution is -2.02. The zero-order chi connectivity index (χ0) is 17.2. The second-order valence-corrected chi connectivity index (χ2v) is 7.78. The summed E-state index contributed by atoms with van der Waals surface area (Å²) >= 11 is 0. The quantitative estimate of drug-likeness (QED) is 0.674. The van der Waals surface area contributed by atoms with Crippen LogP contribution in [-0.2, 0) is 9.73 Å². The molecule has 0 saturated heterocycles. The van der Waals surface area contributed by atoms with Crippen LogP contribution in [0.15, 0.2) is 82.6 Å². The van der Waals surface area contributed by atoms with Crippen LogP contribution in [0.25, 0.3) is 16.5 Å². The van der Waals surface area contributed by atoms with Gasteiger partial charge in [-0.15, -0.1) is 0 Å². The average Bonchev–Trinajstić information content (AvgIpc) is 2.61. The van der Waals surface area contributed by atoms with Gasteiger partial charge in [-0.05, 0) is 22.9 Å². The summed E-state index contributed by atoms with van der Waals surface area (Å²) in [6, 6.07) is 21.2. The van der Waals surface area contributed by atoms with Gasteiger partial charge < -0.3 is 4.74 Å². The third-order valence-corrected chi connectivity index (χ3v) is 5.54. The van der Waals surface area contributed by atoms with Gasteiger partial charge in [0.15, 0.2) is 0 Å². The van der Waals surface area contributed by atoms with Gasteiger partial charge in [0.1, 0.15) is 5.75 Å². The number of methoxy groups -OCH3 is 1. The first kappa shape index (κ1) is 16.3. The maximum atomic E-state index is 13.3. The molecule has 0 radical (unpaired) electrons. The Kier molecular flexibility index (Phi) is 4.40. The molecule has 122 valence electrons. The third-order valence-electron chi connectivity index (χ3n) is 3.83. The summed E-state index contributed by atoms with van der Waals surface area (Å²) in [4.78, 5) is 0.584. The highest BCUT2D eigenvalue weighted by atomic mass is 32.2.